The fourth-order valence-electron chi connectivity index (χ4n) is 7.48. The second-order valence-corrected chi connectivity index (χ2v) is 16.3. The lowest BCUT2D eigenvalue weighted by atomic mass is 10.0. The molecule has 0 aliphatic heterocycles. The largest absolute Gasteiger partial charge is 0.462 e. The first kappa shape index (κ1) is 51.9. The molecule has 0 aromatic rings. The molecule has 0 heterocycles. The number of carbonyl (C=O) groups excluding carboxylic acids is 2. The second-order valence-electron chi connectivity index (χ2n) is 16.3. The third-order valence-corrected chi connectivity index (χ3v) is 11.1. The number of hydrogen-bond donors (Lipinski definition) is 1. The van der Waals surface area contributed by atoms with Gasteiger partial charge in [-0.3, -0.25) is 9.59 Å². The Bertz CT molecular complexity index is 747. The van der Waals surface area contributed by atoms with Crippen LogP contribution in [0.5, 0.6) is 0 Å². The Morgan fingerprint density at radius 2 is 0.736 bits per heavy atom. The van der Waals surface area contributed by atoms with Gasteiger partial charge in [-0.15, -0.1) is 0 Å². The molecule has 316 valence electrons. The van der Waals surface area contributed by atoms with Crippen molar-refractivity contribution in [2.75, 3.05) is 26.2 Å². The van der Waals surface area contributed by atoms with Gasteiger partial charge in [-0.05, 0) is 103 Å². The first-order valence-corrected chi connectivity index (χ1v) is 23.8. The number of carbonyl (C=O) groups is 2. The van der Waals surface area contributed by atoms with Gasteiger partial charge in [-0.1, -0.05) is 163 Å². The maximum atomic E-state index is 12.7. The van der Waals surface area contributed by atoms with Gasteiger partial charge in [0.2, 0.25) is 0 Å². The molecule has 0 saturated carbocycles. The van der Waals surface area contributed by atoms with E-state index < -0.39 is 0 Å². The van der Waals surface area contributed by atoms with E-state index in [0.29, 0.717) is 12.8 Å². The molecule has 0 amide bonds. The minimum absolute atomic E-state index is 0.00182. The summed E-state index contributed by atoms with van der Waals surface area (Å²) in [6.07, 6.45) is 41.0. The minimum atomic E-state index is 0.00182. The molecule has 53 heavy (non-hydrogen) atoms. The lowest BCUT2D eigenvalue weighted by Crippen LogP contribution is -2.28. The predicted octanol–water partition coefficient (Wildman–Crippen LogP) is 13.8. The molecule has 6 heteroatoms. The van der Waals surface area contributed by atoms with E-state index in [-0.39, 0.29) is 24.1 Å². The van der Waals surface area contributed by atoms with Crippen molar-refractivity contribution in [3.8, 4) is 0 Å². The maximum absolute atomic E-state index is 12.7. The van der Waals surface area contributed by atoms with E-state index in [2.05, 4.69) is 32.6 Å². The molecule has 0 unspecified atom stereocenters. The molecule has 0 fully saturated rings. The zero-order valence-electron chi connectivity index (χ0n) is 36.4. The fourth-order valence-corrected chi connectivity index (χ4v) is 7.48. The summed E-state index contributed by atoms with van der Waals surface area (Å²) in [5.41, 5.74) is 5.85. The first-order chi connectivity index (χ1) is 26.0. The van der Waals surface area contributed by atoms with Crippen molar-refractivity contribution in [1.29, 1.82) is 0 Å². The highest BCUT2D eigenvalue weighted by atomic mass is 16.5. The van der Waals surface area contributed by atoms with Crippen LogP contribution in [0.2, 0.25) is 0 Å². The third-order valence-electron chi connectivity index (χ3n) is 11.1. The fraction of sp³-hybridized carbons (Fsp3) is 0.957. The molecule has 0 aromatic carbocycles. The third kappa shape index (κ3) is 37.6. The molecule has 1 atom stereocenters. The van der Waals surface area contributed by atoms with Gasteiger partial charge in [0.25, 0.3) is 0 Å². The second kappa shape index (κ2) is 42.0. The maximum Gasteiger partial charge on any atom is 0.306 e. The molecule has 0 aromatic heterocycles. The van der Waals surface area contributed by atoms with Gasteiger partial charge in [0.15, 0.2) is 0 Å². The van der Waals surface area contributed by atoms with Crippen molar-refractivity contribution in [3.05, 3.63) is 0 Å². The molecule has 2 N–H and O–H groups in total. The van der Waals surface area contributed by atoms with E-state index in [1.54, 1.807) is 0 Å². The van der Waals surface area contributed by atoms with Crippen LogP contribution in [0.25, 0.3) is 0 Å². The average molecular weight is 751 g/mol. The predicted molar refractivity (Wildman–Crippen MR) is 230 cm³/mol. The zero-order valence-corrected chi connectivity index (χ0v) is 36.4. The van der Waals surface area contributed by atoms with Crippen LogP contribution < -0.4 is 5.73 Å². The number of unbranched alkanes of at least 4 members (excludes halogenated alkanes) is 23. The Labute approximate surface area is 331 Å². The van der Waals surface area contributed by atoms with Gasteiger partial charge in [0.05, 0.1) is 0 Å². The van der Waals surface area contributed by atoms with Gasteiger partial charge < -0.3 is 20.1 Å². The van der Waals surface area contributed by atoms with Crippen molar-refractivity contribution in [2.45, 2.75) is 265 Å². The highest BCUT2D eigenvalue weighted by molar-refractivity contribution is 5.69. The minimum Gasteiger partial charge on any atom is -0.462 e. The lowest BCUT2D eigenvalue weighted by molar-refractivity contribution is -0.150. The van der Waals surface area contributed by atoms with Crippen LogP contribution in [0, 0.1) is 0 Å². The average Bonchev–Trinajstić information content (AvgIpc) is 3.15. The van der Waals surface area contributed by atoms with Crippen LogP contribution in [0.4, 0.5) is 0 Å². The molecule has 0 rings (SSSR count). The van der Waals surface area contributed by atoms with Crippen molar-refractivity contribution in [2.24, 2.45) is 5.73 Å². The Balaban J connectivity index is 4.12. The summed E-state index contributed by atoms with van der Waals surface area (Å²) >= 11 is 0. The van der Waals surface area contributed by atoms with Crippen molar-refractivity contribution >= 4 is 11.9 Å². The highest BCUT2D eigenvalue weighted by Crippen LogP contribution is 2.19. The van der Waals surface area contributed by atoms with E-state index in [4.69, 9.17) is 15.2 Å². The number of hydrogen-bond acceptors (Lipinski definition) is 6. The summed E-state index contributed by atoms with van der Waals surface area (Å²) in [5, 5.41) is 0. The van der Waals surface area contributed by atoms with Gasteiger partial charge in [-0.2, -0.15) is 0 Å². The SMILES string of the molecule is CCCCCCCCC(CCCCCCCC)OC(=O)CCCCCCCN(CCCN)CCCCCCCC(=O)O[C@H](CC)CCCCCCCC. The Kier molecular flexibility index (Phi) is 41.1. The number of esters is 2. The van der Waals surface area contributed by atoms with Crippen LogP contribution in [-0.4, -0.2) is 55.2 Å². The molecule has 6 nitrogen and oxygen atoms in total. The highest BCUT2D eigenvalue weighted by Gasteiger charge is 2.15. The molecule has 0 radical (unpaired) electrons. The number of ether oxygens (including phenoxy) is 2. The molecule has 0 aliphatic rings. The van der Waals surface area contributed by atoms with Gasteiger partial charge in [0, 0.05) is 12.8 Å². The smallest absolute Gasteiger partial charge is 0.306 e. The number of rotatable bonds is 43. The quantitative estimate of drug-likeness (QED) is 0.0494. The van der Waals surface area contributed by atoms with E-state index in [0.717, 1.165) is 84.0 Å². The first-order valence-electron chi connectivity index (χ1n) is 23.8. The van der Waals surface area contributed by atoms with Gasteiger partial charge >= 0.3 is 11.9 Å². The lowest BCUT2D eigenvalue weighted by Gasteiger charge is -2.22. The van der Waals surface area contributed by atoms with Crippen LogP contribution in [0.3, 0.4) is 0 Å². The molecule has 0 spiro atoms. The van der Waals surface area contributed by atoms with Gasteiger partial charge in [0.1, 0.15) is 12.2 Å². The molecule has 0 saturated heterocycles. The summed E-state index contributed by atoms with van der Waals surface area (Å²) in [6.45, 7) is 13.0. The Morgan fingerprint density at radius 1 is 0.415 bits per heavy atom. The van der Waals surface area contributed by atoms with E-state index in [1.165, 1.54) is 154 Å². The number of nitrogens with zero attached hydrogens (tertiary/aromatic N) is 1. The molecular weight excluding hydrogens is 657 g/mol. The van der Waals surface area contributed by atoms with Crippen LogP contribution in [-0.2, 0) is 19.1 Å². The number of nitrogens with two attached hydrogens (primary N) is 1. The van der Waals surface area contributed by atoms with E-state index in [9.17, 15) is 9.59 Å². The zero-order chi connectivity index (χ0) is 38.9. The Morgan fingerprint density at radius 3 is 1.13 bits per heavy atom. The van der Waals surface area contributed by atoms with Crippen molar-refractivity contribution < 1.29 is 19.1 Å². The van der Waals surface area contributed by atoms with Crippen molar-refractivity contribution in [1.82, 2.24) is 4.90 Å². The van der Waals surface area contributed by atoms with E-state index in [1.807, 2.05) is 0 Å². The molecular formula is C47H94N2O4. The van der Waals surface area contributed by atoms with Crippen LogP contribution >= 0.6 is 0 Å². The Hall–Kier alpha value is -1.14. The molecule has 0 bridgehead atoms. The standard InChI is InChI=1S/C47H94N2O4/c1-5-9-12-15-20-27-35-44(8-4)52-46(50)38-30-23-18-25-32-41-49(43-34-40-48)42-33-26-19-24-31-39-47(51)53-45(36-28-21-16-13-10-6-2)37-29-22-17-14-11-7-3/h44-45H,5-43,48H2,1-4H3/t44-/m1/s1. The van der Waals surface area contributed by atoms with Crippen LogP contribution in [0.15, 0.2) is 0 Å². The summed E-state index contributed by atoms with van der Waals surface area (Å²) in [5.74, 6) is 0.0331. The van der Waals surface area contributed by atoms with Crippen molar-refractivity contribution in [3.63, 3.8) is 0 Å². The monoisotopic (exact) mass is 751 g/mol. The summed E-state index contributed by atoms with van der Waals surface area (Å²) in [4.78, 5) is 27.7. The summed E-state index contributed by atoms with van der Waals surface area (Å²) < 4.78 is 11.8. The summed E-state index contributed by atoms with van der Waals surface area (Å²) in [6, 6.07) is 0. The van der Waals surface area contributed by atoms with E-state index >= 15 is 0 Å². The topological polar surface area (TPSA) is 81.9 Å². The van der Waals surface area contributed by atoms with Gasteiger partial charge in [-0.25, -0.2) is 0 Å². The molecule has 0 aliphatic carbocycles. The summed E-state index contributed by atoms with van der Waals surface area (Å²) in [7, 11) is 0. The van der Waals surface area contributed by atoms with Crippen LogP contribution in [0.1, 0.15) is 252 Å². The normalized spacial score (nSPS) is 12.2.